The molecule has 0 radical (unpaired) electrons. The van der Waals surface area contributed by atoms with Crippen LogP contribution in [0.4, 0.5) is 11.4 Å². The van der Waals surface area contributed by atoms with Crippen molar-refractivity contribution in [2.75, 3.05) is 30.9 Å². The Morgan fingerprint density at radius 3 is 2.56 bits per heavy atom. The molecule has 9 heteroatoms. The van der Waals surface area contributed by atoms with E-state index in [4.69, 9.17) is 16.3 Å². The molecule has 0 aliphatic rings. The number of hydrogen-bond donors (Lipinski definition) is 1. The highest BCUT2D eigenvalue weighted by Crippen LogP contribution is 2.32. The van der Waals surface area contributed by atoms with Gasteiger partial charge in [-0.05, 0) is 49.4 Å². The molecule has 0 saturated carbocycles. The van der Waals surface area contributed by atoms with Gasteiger partial charge in [-0.3, -0.25) is 4.79 Å². The highest BCUT2D eigenvalue weighted by Gasteiger charge is 2.19. The molecule has 2 heterocycles. The van der Waals surface area contributed by atoms with Crippen molar-refractivity contribution < 1.29 is 14.3 Å². The van der Waals surface area contributed by atoms with E-state index in [0.29, 0.717) is 15.6 Å². The average Bonchev–Trinajstić information content (AvgIpc) is 3.34. The summed E-state index contributed by atoms with van der Waals surface area (Å²) in [6, 6.07) is 16.5. The molecule has 7 nitrogen and oxygen atoms in total. The third-order valence-corrected chi connectivity index (χ3v) is 6.24. The van der Waals surface area contributed by atoms with Crippen LogP contribution in [0.25, 0.3) is 15.9 Å². The molecule has 4 aromatic rings. The number of aromatic nitrogens is 2. The molecule has 2 aromatic heterocycles. The number of carbonyl (C=O) groups excluding carboxylic acids is 2. The van der Waals surface area contributed by atoms with E-state index in [1.807, 2.05) is 56.3 Å². The average molecular weight is 469 g/mol. The van der Waals surface area contributed by atoms with Crippen molar-refractivity contribution >= 4 is 56.4 Å². The maximum atomic E-state index is 12.6. The topological polar surface area (TPSA) is 76.5 Å². The summed E-state index contributed by atoms with van der Waals surface area (Å²) in [5.74, 6) is -0.968. The summed E-state index contributed by atoms with van der Waals surface area (Å²) in [5, 5.41) is 8.67. The first kappa shape index (κ1) is 21.9. The molecule has 164 valence electrons. The van der Waals surface area contributed by atoms with E-state index in [1.165, 1.54) is 11.3 Å². The summed E-state index contributed by atoms with van der Waals surface area (Å²) < 4.78 is 6.95. The Bertz CT molecular complexity index is 1290. The number of hydrogen-bond acceptors (Lipinski definition) is 6. The highest BCUT2D eigenvalue weighted by molar-refractivity contribution is 7.20. The Labute approximate surface area is 194 Å². The van der Waals surface area contributed by atoms with Crippen LogP contribution in [0, 0.1) is 6.92 Å². The summed E-state index contributed by atoms with van der Waals surface area (Å²) in [7, 11) is 3.88. The number of aryl methyl sites for hydroxylation is 1. The summed E-state index contributed by atoms with van der Waals surface area (Å²) in [6.07, 6.45) is 0. The van der Waals surface area contributed by atoms with Crippen LogP contribution in [-0.2, 0) is 9.53 Å². The predicted octanol–water partition coefficient (Wildman–Crippen LogP) is 4.91. The molecular formula is C23H21ClN4O3S. The molecule has 32 heavy (non-hydrogen) atoms. The van der Waals surface area contributed by atoms with Crippen LogP contribution in [0.1, 0.15) is 15.4 Å². The van der Waals surface area contributed by atoms with E-state index in [9.17, 15) is 9.59 Å². The second-order valence-corrected chi connectivity index (χ2v) is 8.78. The fourth-order valence-electron chi connectivity index (χ4n) is 3.18. The summed E-state index contributed by atoms with van der Waals surface area (Å²) in [5.41, 5.74) is 3.15. The van der Waals surface area contributed by atoms with Crippen molar-refractivity contribution in [3.63, 3.8) is 0 Å². The van der Waals surface area contributed by atoms with Crippen LogP contribution in [0.2, 0.25) is 5.02 Å². The molecule has 0 aliphatic carbocycles. The molecule has 0 atom stereocenters. The lowest BCUT2D eigenvalue weighted by atomic mass is 10.2. The smallest absolute Gasteiger partial charge is 0.348 e. The molecule has 0 spiro atoms. The Kier molecular flexibility index (Phi) is 6.16. The second kappa shape index (κ2) is 9.02. The largest absolute Gasteiger partial charge is 0.451 e. The van der Waals surface area contributed by atoms with Gasteiger partial charge < -0.3 is 15.0 Å². The molecule has 0 bridgehead atoms. The molecule has 2 aromatic carbocycles. The van der Waals surface area contributed by atoms with Gasteiger partial charge in [0.25, 0.3) is 5.91 Å². The van der Waals surface area contributed by atoms with Crippen molar-refractivity contribution in [1.29, 1.82) is 0 Å². The van der Waals surface area contributed by atoms with Crippen molar-refractivity contribution in [2.45, 2.75) is 6.92 Å². The van der Waals surface area contributed by atoms with Crippen molar-refractivity contribution in [1.82, 2.24) is 9.78 Å². The number of nitrogens with one attached hydrogen (secondary N) is 1. The molecule has 1 amide bonds. The van der Waals surface area contributed by atoms with E-state index in [2.05, 4.69) is 10.4 Å². The first-order chi connectivity index (χ1) is 15.3. The van der Waals surface area contributed by atoms with Gasteiger partial charge in [-0.2, -0.15) is 5.10 Å². The number of para-hydroxylation sites is 1. The number of esters is 1. The first-order valence-electron chi connectivity index (χ1n) is 9.82. The van der Waals surface area contributed by atoms with E-state index in [-0.39, 0.29) is 6.61 Å². The lowest BCUT2D eigenvalue weighted by Crippen LogP contribution is -2.20. The SMILES string of the molecule is Cc1nn(-c2ccccc2Cl)c2sc(C(=O)OCC(=O)Nc3ccc(N(C)C)cc3)cc12. The summed E-state index contributed by atoms with van der Waals surface area (Å²) in [4.78, 5) is 27.9. The fourth-order valence-corrected chi connectivity index (χ4v) is 4.46. The van der Waals surface area contributed by atoms with E-state index in [0.717, 1.165) is 27.3 Å². The number of amides is 1. The van der Waals surface area contributed by atoms with Crippen LogP contribution >= 0.6 is 22.9 Å². The number of ether oxygens (including phenoxy) is 1. The fraction of sp³-hybridized carbons (Fsp3) is 0.174. The monoisotopic (exact) mass is 468 g/mol. The van der Waals surface area contributed by atoms with E-state index in [1.54, 1.807) is 28.9 Å². The first-order valence-corrected chi connectivity index (χ1v) is 11.0. The van der Waals surface area contributed by atoms with Gasteiger partial charge in [-0.25, -0.2) is 9.48 Å². The zero-order valence-electron chi connectivity index (χ0n) is 17.8. The quantitative estimate of drug-likeness (QED) is 0.407. The number of fused-ring (bicyclic) bond motifs is 1. The molecular weight excluding hydrogens is 448 g/mol. The number of nitrogens with zero attached hydrogens (tertiary/aromatic N) is 3. The summed E-state index contributed by atoms with van der Waals surface area (Å²) in [6.45, 7) is 1.49. The number of halogens is 1. The Morgan fingerprint density at radius 2 is 1.88 bits per heavy atom. The van der Waals surface area contributed by atoms with Crippen LogP contribution in [0.5, 0.6) is 0 Å². The lowest BCUT2D eigenvalue weighted by molar-refractivity contribution is -0.119. The van der Waals surface area contributed by atoms with Crippen molar-refractivity contribution in [2.24, 2.45) is 0 Å². The Balaban J connectivity index is 1.44. The zero-order valence-corrected chi connectivity index (χ0v) is 19.3. The van der Waals surface area contributed by atoms with Gasteiger partial charge in [0, 0.05) is 30.9 Å². The molecule has 0 aliphatic heterocycles. The maximum Gasteiger partial charge on any atom is 0.348 e. The number of carbonyl (C=O) groups is 2. The van der Waals surface area contributed by atoms with E-state index < -0.39 is 11.9 Å². The van der Waals surface area contributed by atoms with Gasteiger partial charge in [0.05, 0.1) is 16.4 Å². The van der Waals surface area contributed by atoms with Crippen LogP contribution in [-0.4, -0.2) is 42.4 Å². The van der Waals surface area contributed by atoms with Crippen LogP contribution in [0.3, 0.4) is 0 Å². The molecule has 4 rings (SSSR count). The van der Waals surface area contributed by atoms with Gasteiger partial charge in [0.15, 0.2) is 6.61 Å². The number of thiophene rings is 1. The number of anilines is 2. The Morgan fingerprint density at radius 1 is 1.16 bits per heavy atom. The lowest BCUT2D eigenvalue weighted by Gasteiger charge is -2.13. The van der Waals surface area contributed by atoms with Crippen LogP contribution < -0.4 is 10.2 Å². The third-order valence-electron chi connectivity index (χ3n) is 4.83. The summed E-state index contributed by atoms with van der Waals surface area (Å²) >= 11 is 7.57. The second-order valence-electron chi connectivity index (χ2n) is 7.34. The van der Waals surface area contributed by atoms with Crippen LogP contribution in [0.15, 0.2) is 54.6 Å². The number of rotatable bonds is 6. The number of benzene rings is 2. The molecule has 1 N–H and O–H groups in total. The normalized spacial score (nSPS) is 10.9. The third kappa shape index (κ3) is 4.46. The molecule has 0 saturated heterocycles. The maximum absolute atomic E-state index is 12.6. The minimum Gasteiger partial charge on any atom is -0.451 e. The van der Waals surface area contributed by atoms with Gasteiger partial charge in [0.1, 0.15) is 9.71 Å². The van der Waals surface area contributed by atoms with Gasteiger partial charge in [-0.1, -0.05) is 23.7 Å². The zero-order chi connectivity index (χ0) is 22.8. The van der Waals surface area contributed by atoms with Crippen molar-refractivity contribution in [3.05, 3.63) is 70.2 Å². The van der Waals surface area contributed by atoms with E-state index >= 15 is 0 Å². The van der Waals surface area contributed by atoms with Gasteiger partial charge in [0.2, 0.25) is 0 Å². The minimum absolute atomic E-state index is 0.377. The highest BCUT2D eigenvalue weighted by atomic mass is 35.5. The molecule has 0 unspecified atom stereocenters. The van der Waals surface area contributed by atoms with Gasteiger partial charge >= 0.3 is 5.97 Å². The Hall–Kier alpha value is -3.36. The van der Waals surface area contributed by atoms with Gasteiger partial charge in [-0.15, -0.1) is 11.3 Å². The molecule has 0 fully saturated rings. The predicted molar refractivity (Wildman–Crippen MR) is 128 cm³/mol. The standard InChI is InChI=1S/C23H21ClN4O3S/c1-14-17-12-20(32-22(17)28(26-14)19-7-5-4-6-18(19)24)23(30)31-13-21(29)25-15-8-10-16(11-9-15)27(2)3/h4-12H,13H2,1-3H3,(H,25,29). The van der Waals surface area contributed by atoms with Crippen molar-refractivity contribution in [3.8, 4) is 5.69 Å². The minimum atomic E-state index is -0.561.